The Morgan fingerprint density at radius 1 is 0.789 bits per heavy atom. The van der Waals surface area contributed by atoms with Crippen LogP contribution < -0.4 is 15.2 Å². The van der Waals surface area contributed by atoms with Gasteiger partial charge in [0.15, 0.2) is 0 Å². The van der Waals surface area contributed by atoms with Crippen molar-refractivity contribution in [1.29, 1.82) is 0 Å². The van der Waals surface area contributed by atoms with Gasteiger partial charge >= 0.3 is 0 Å². The maximum atomic E-state index is 14.3. The molecular formula is C29H33FN8. The smallest absolute Gasteiger partial charge is 0.250 e. The summed E-state index contributed by atoms with van der Waals surface area (Å²) in [5.41, 5.74) is 5.68. The highest BCUT2D eigenvalue weighted by Crippen LogP contribution is 2.24. The number of hydrazone groups is 1. The van der Waals surface area contributed by atoms with Crippen molar-refractivity contribution < 1.29 is 4.39 Å². The molecule has 0 bridgehead atoms. The number of aromatic nitrogens is 4. The van der Waals surface area contributed by atoms with Gasteiger partial charge in [-0.25, -0.2) is 9.82 Å². The van der Waals surface area contributed by atoms with Crippen molar-refractivity contribution in [3.8, 4) is 0 Å². The summed E-state index contributed by atoms with van der Waals surface area (Å²) in [6, 6.07) is 15.0. The molecule has 0 radical (unpaired) electrons. The first-order valence-electron chi connectivity index (χ1n) is 13.6. The van der Waals surface area contributed by atoms with Crippen molar-refractivity contribution in [1.82, 2.24) is 19.5 Å². The van der Waals surface area contributed by atoms with Crippen molar-refractivity contribution >= 4 is 35.0 Å². The van der Waals surface area contributed by atoms with E-state index in [4.69, 9.17) is 15.0 Å². The number of nitrogens with zero attached hydrogens (tertiary/aromatic N) is 7. The zero-order chi connectivity index (χ0) is 25.7. The number of piperidine rings is 2. The lowest BCUT2D eigenvalue weighted by atomic mass is 10.1. The maximum Gasteiger partial charge on any atom is 0.250 e. The molecular weight excluding hydrogens is 479 g/mol. The number of hydrogen-bond acceptors (Lipinski definition) is 7. The van der Waals surface area contributed by atoms with Crippen molar-refractivity contribution in [3.05, 3.63) is 71.7 Å². The Bertz CT molecular complexity index is 1380. The molecule has 2 aliphatic rings. The molecule has 0 spiro atoms. The van der Waals surface area contributed by atoms with Gasteiger partial charge in [0, 0.05) is 54.4 Å². The lowest BCUT2D eigenvalue weighted by Gasteiger charge is -2.30. The Labute approximate surface area is 222 Å². The van der Waals surface area contributed by atoms with Crippen LogP contribution in [0.3, 0.4) is 0 Å². The highest BCUT2D eigenvalue weighted by Gasteiger charge is 2.20. The minimum absolute atomic E-state index is 0.203. The summed E-state index contributed by atoms with van der Waals surface area (Å²) in [6.07, 6.45) is 10.9. The van der Waals surface area contributed by atoms with Crippen LogP contribution in [-0.2, 0) is 6.54 Å². The Kier molecular flexibility index (Phi) is 7.15. The summed E-state index contributed by atoms with van der Waals surface area (Å²) in [4.78, 5) is 18.8. The second-order valence-electron chi connectivity index (χ2n) is 10.0. The van der Waals surface area contributed by atoms with Crippen LogP contribution in [0.5, 0.6) is 0 Å². The molecule has 1 N–H and O–H groups in total. The first kappa shape index (κ1) is 24.3. The molecule has 4 heterocycles. The predicted molar refractivity (Wildman–Crippen MR) is 151 cm³/mol. The van der Waals surface area contributed by atoms with Crippen LogP contribution in [0.1, 0.15) is 49.7 Å². The molecule has 8 nitrogen and oxygen atoms in total. The lowest BCUT2D eigenvalue weighted by Crippen LogP contribution is -2.34. The van der Waals surface area contributed by atoms with Crippen molar-refractivity contribution in [2.45, 2.75) is 45.1 Å². The fourth-order valence-electron chi connectivity index (χ4n) is 5.35. The summed E-state index contributed by atoms with van der Waals surface area (Å²) >= 11 is 0. The molecule has 2 fully saturated rings. The van der Waals surface area contributed by atoms with E-state index in [0.29, 0.717) is 18.1 Å². The third-order valence-corrected chi connectivity index (χ3v) is 7.38. The van der Waals surface area contributed by atoms with E-state index in [2.05, 4.69) is 31.0 Å². The van der Waals surface area contributed by atoms with Gasteiger partial charge in [0.25, 0.3) is 0 Å². The Morgan fingerprint density at radius 2 is 1.42 bits per heavy atom. The van der Waals surface area contributed by atoms with Crippen molar-refractivity contribution in [2.24, 2.45) is 5.10 Å². The van der Waals surface area contributed by atoms with Crippen LogP contribution in [0.15, 0.2) is 59.8 Å². The Hall–Kier alpha value is -4.01. The van der Waals surface area contributed by atoms with E-state index < -0.39 is 0 Å². The lowest BCUT2D eigenvalue weighted by molar-refractivity contribution is 0.556. The summed E-state index contributed by atoms with van der Waals surface area (Å²) in [5, 5.41) is 5.57. The molecule has 0 amide bonds. The van der Waals surface area contributed by atoms with Gasteiger partial charge in [-0.15, -0.1) is 0 Å². The van der Waals surface area contributed by atoms with Crippen molar-refractivity contribution in [3.63, 3.8) is 0 Å². The highest BCUT2D eigenvalue weighted by atomic mass is 19.1. The fourth-order valence-corrected chi connectivity index (χ4v) is 5.35. The van der Waals surface area contributed by atoms with E-state index in [1.165, 1.54) is 18.9 Å². The number of rotatable bonds is 7. The largest absolute Gasteiger partial charge is 0.342 e. The van der Waals surface area contributed by atoms with Gasteiger partial charge in [0.2, 0.25) is 17.8 Å². The molecule has 0 unspecified atom stereocenters. The van der Waals surface area contributed by atoms with E-state index in [1.54, 1.807) is 12.3 Å². The summed E-state index contributed by atoms with van der Waals surface area (Å²) < 4.78 is 16.4. The topological polar surface area (TPSA) is 74.5 Å². The van der Waals surface area contributed by atoms with E-state index in [1.807, 2.05) is 36.5 Å². The molecule has 4 aromatic rings. The van der Waals surface area contributed by atoms with Gasteiger partial charge in [-0.1, -0.05) is 36.4 Å². The number of halogens is 1. The first-order valence-corrected chi connectivity index (χ1v) is 13.6. The molecule has 6 rings (SSSR count). The molecule has 2 saturated heterocycles. The van der Waals surface area contributed by atoms with E-state index in [9.17, 15) is 4.39 Å². The van der Waals surface area contributed by atoms with E-state index in [-0.39, 0.29) is 5.82 Å². The zero-order valence-electron chi connectivity index (χ0n) is 21.6. The minimum atomic E-state index is -0.203. The number of hydrogen-bond donors (Lipinski definition) is 1. The van der Waals surface area contributed by atoms with Gasteiger partial charge in [0.05, 0.1) is 12.8 Å². The van der Waals surface area contributed by atoms with Gasteiger partial charge < -0.3 is 14.4 Å². The third kappa shape index (κ3) is 5.32. The maximum absolute atomic E-state index is 14.3. The van der Waals surface area contributed by atoms with Gasteiger partial charge in [0.1, 0.15) is 5.82 Å². The van der Waals surface area contributed by atoms with Gasteiger partial charge in [-0.05, 0) is 50.7 Å². The Morgan fingerprint density at radius 3 is 2.11 bits per heavy atom. The summed E-state index contributed by atoms with van der Waals surface area (Å²) in [6.45, 7) is 4.31. The SMILES string of the molecule is Fc1ccccc1Cn1cc(/C=N/Nc2nc(N3CCCCC3)nc(N3CCCCC3)n2)c2ccccc21. The average molecular weight is 513 g/mol. The molecule has 2 aliphatic heterocycles. The molecule has 196 valence electrons. The normalized spacial score (nSPS) is 16.4. The second kappa shape index (κ2) is 11.2. The van der Waals surface area contributed by atoms with Crippen LogP contribution in [0.2, 0.25) is 0 Å². The van der Waals surface area contributed by atoms with Gasteiger partial charge in [-0.3, -0.25) is 0 Å². The summed E-state index contributed by atoms with van der Waals surface area (Å²) in [5.74, 6) is 1.69. The monoisotopic (exact) mass is 512 g/mol. The molecule has 9 heteroatoms. The predicted octanol–water partition coefficient (Wildman–Crippen LogP) is 5.44. The Balaban J connectivity index is 1.26. The van der Waals surface area contributed by atoms with E-state index >= 15 is 0 Å². The quantitative estimate of drug-likeness (QED) is 0.263. The molecule has 2 aromatic heterocycles. The fraction of sp³-hybridized carbons (Fsp3) is 0.379. The number of nitrogens with one attached hydrogen (secondary N) is 1. The highest BCUT2D eigenvalue weighted by molar-refractivity contribution is 5.99. The van der Waals surface area contributed by atoms with Crippen LogP contribution in [0, 0.1) is 5.82 Å². The summed E-state index contributed by atoms with van der Waals surface area (Å²) in [7, 11) is 0. The molecule has 0 atom stereocenters. The number of anilines is 3. The third-order valence-electron chi connectivity index (χ3n) is 7.38. The van der Waals surface area contributed by atoms with Crippen LogP contribution in [0.25, 0.3) is 10.9 Å². The van der Waals surface area contributed by atoms with Crippen LogP contribution in [0.4, 0.5) is 22.2 Å². The first-order chi connectivity index (χ1) is 18.7. The molecule has 38 heavy (non-hydrogen) atoms. The number of para-hydroxylation sites is 1. The molecule has 0 aliphatic carbocycles. The van der Waals surface area contributed by atoms with E-state index in [0.717, 1.165) is 80.2 Å². The number of fused-ring (bicyclic) bond motifs is 1. The minimum Gasteiger partial charge on any atom is -0.342 e. The molecule has 0 saturated carbocycles. The zero-order valence-corrected chi connectivity index (χ0v) is 21.6. The average Bonchev–Trinajstić information content (AvgIpc) is 3.32. The van der Waals surface area contributed by atoms with Crippen LogP contribution >= 0.6 is 0 Å². The number of benzene rings is 2. The van der Waals surface area contributed by atoms with Gasteiger partial charge in [-0.2, -0.15) is 20.1 Å². The molecule has 2 aromatic carbocycles. The standard InChI is InChI=1S/C29H33FN8/c30-25-13-5-3-11-22(25)20-38-21-23(24-12-4-6-14-26(24)38)19-31-35-27-32-28(36-15-7-1-8-16-36)34-29(33-27)37-17-9-2-10-18-37/h3-6,11-14,19,21H,1-2,7-10,15-18,20H2,(H,32,33,34,35)/b31-19+. The van der Waals surface area contributed by atoms with Crippen molar-refractivity contribution in [2.75, 3.05) is 41.4 Å². The second-order valence-corrected chi connectivity index (χ2v) is 10.0. The van der Waals surface area contributed by atoms with Crippen LogP contribution in [-0.4, -0.2) is 51.9 Å².